The van der Waals surface area contributed by atoms with E-state index in [4.69, 9.17) is 17.0 Å². The number of hydrazine groups is 1. The Morgan fingerprint density at radius 3 is 2.21 bits per heavy atom. The van der Waals surface area contributed by atoms with Crippen LogP contribution in [0.5, 0.6) is 5.75 Å². The van der Waals surface area contributed by atoms with Crippen molar-refractivity contribution >= 4 is 40.7 Å². The lowest BCUT2D eigenvalue weighted by Crippen LogP contribution is -2.49. The van der Waals surface area contributed by atoms with E-state index in [1.807, 2.05) is 19.1 Å². The molecule has 2 rings (SSSR count). The summed E-state index contributed by atoms with van der Waals surface area (Å²) in [5.41, 5.74) is 6.82. The molecular weight excluding hydrogens is 380 g/mol. The zero-order valence-corrected chi connectivity index (χ0v) is 16.2. The van der Waals surface area contributed by atoms with Crippen LogP contribution in [0.3, 0.4) is 0 Å². The summed E-state index contributed by atoms with van der Waals surface area (Å²) in [7, 11) is 0. The van der Waals surface area contributed by atoms with Gasteiger partial charge in [-0.15, -0.1) is 0 Å². The SMILES string of the molecule is CC(=O)Nc1ccc(C(=O)NNC(=S)NC(=O)COc2ccc(C)cc2)cc1. The van der Waals surface area contributed by atoms with E-state index in [0.717, 1.165) is 5.56 Å². The second-order valence-electron chi connectivity index (χ2n) is 5.82. The van der Waals surface area contributed by atoms with Crippen LogP contribution in [0, 0.1) is 6.92 Å². The maximum atomic E-state index is 12.0. The molecule has 146 valence electrons. The highest BCUT2D eigenvalue weighted by Crippen LogP contribution is 2.11. The summed E-state index contributed by atoms with van der Waals surface area (Å²) in [6, 6.07) is 13.5. The number of nitrogens with one attached hydrogen (secondary N) is 4. The lowest BCUT2D eigenvalue weighted by molar-refractivity contribution is -0.121. The molecule has 0 atom stereocenters. The molecule has 0 aliphatic rings. The van der Waals surface area contributed by atoms with Crippen molar-refractivity contribution in [2.75, 3.05) is 11.9 Å². The van der Waals surface area contributed by atoms with E-state index in [2.05, 4.69) is 21.5 Å². The molecule has 0 saturated carbocycles. The molecule has 2 aromatic rings. The van der Waals surface area contributed by atoms with Gasteiger partial charge in [-0.1, -0.05) is 17.7 Å². The van der Waals surface area contributed by atoms with Gasteiger partial charge < -0.3 is 10.1 Å². The van der Waals surface area contributed by atoms with Crippen LogP contribution in [-0.2, 0) is 9.59 Å². The van der Waals surface area contributed by atoms with Crippen molar-refractivity contribution in [3.63, 3.8) is 0 Å². The zero-order valence-electron chi connectivity index (χ0n) is 15.4. The summed E-state index contributed by atoms with van der Waals surface area (Å²) in [6.07, 6.45) is 0. The second kappa shape index (κ2) is 10.0. The fourth-order valence-electron chi connectivity index (χ4n) is 2.07. The third-order valence-corrected chi connectivity index (χ3v) is 3.61. The van der Waals surface area contributed by atoms with Gasteiger partial charge in [-0.25, -0.2) is 0 Å². The molecule has 0 aliphatic heterocycles. The van der Waals surface area contributed by atoms with E-state index in [1.165, 1.54) is 6.92 Å². The highest BCUT2D eigenvalue weighted by atomic mass is 32.1. The van der Waals surface area contributed by atoms with Crippen molar-refractivity contribution in [3.05, 3.63) is 59.7 Å². The monoisotopic (exact) mass is 400 g/mol. The summed E-state index contributed by atoms with van der Waals surface area (Å²) < 4.78 is 5.34. The van der Waals surface area contributed by atoms with Gasteiger partial charge in [0, 0.05) is 18.2 Å². The minimum absolute atomic E-state index is 0.0688. The molecule has 0 aromatic heterocycles. The van der Waals surface area contributed by atoms with Crippen LogP contribution in [0.1, 0.15) is 22.8 Å². The van der Waals surface area contributed by atoms with E-state index in [1.54, 1.807) is 36.4 Å². The number of carbonyl (C=O) groups is 3. The first kappa shape index (κ1) is 20.8. The van der Waals surface area contributed by atoms with Crippen molar-refractivity contribution in [2.24, 2.45) is 0 Å². The number of hydrogen-bond acceptors (Lipinski definition) is 5. The highest BCUT2D eigenvalue weighted by Gasteiger charge is 2.09. The van der Waals surface area contributed by atoms with Gasteiger partial charge >= 0.3 is 0 Å². The molecule has 8 nitrogen and oxygen atoms in total. The van der Waals surface area contributed by atoms with Crippen LogP contribution in [0.25, 0.3) is 0 Å². The van der Waals surface area contributed by atoms with Gasteiger partial charge in [0.1, 0.15) is 5.75 Å². The van der Waals surface area contributed by atoms with Gasteiger partial charge in [0.2, 0.25) is 5.91 Å². The Bertz CT molecular complexity index is 867. The maximum Gasteiger partial charge on any atom is 0.269 e. The molecule has 4 N–H and O–H groups in total. The van der Waals surface area contributed by atoms with E-state index < -0.39 is 11.8 Å². The lowest BCUT2D eigenvalue weighted by atomic mass is 10.2. The standard InChI is InChI=1S/C19H20N4O4S/c1-12-3-9-16(10-4-12)27-11-17(25)21-19(28)23-22-18(26)14-5-7-15(8-6-14)20-13(2)24/h3-10H,11H2,1-2H3,(H,20,24)(H,22,26)(H2,21,23,25,28). The normalized spacial score (nSPS) is 9.79. The molecule has 0 heterocycles. The minimum atomic E-state index is -0.466. The van der Waals surface area contributed by atoms with Gasteiger partial charge in [-0.2, -0.15) is 0 Å². The molecular formula is C19H20N4O4S. The number of ether oxygens (including phenoxy) is 1. The number of anilines is 1. The molecule has 3 amide bonds. The second-order valence-corrected chi connectivity index (χ2v) is 6.22. The van der Waals surface area contributed by atoms with Gasteiger partial charge in [0.25, 0.3) is 11.8 Å². The number of amides is 3. The van der Waals surface area contributed by atoms with E-state index >= 15 is 0 Å². The first-order valence-corrected chi connectivity index (χ1v) is 8.71. The first-order valence-electron chi connectivity index (χ1n) is 8.31. The molecule has 28 heavy (non-hydrogen) atoms. The largest absolute Gasteiger partial charge is 0.484 e. The predicted octanol–water partition coefficient (Wildman–Crippen LogP) is 1.67. The molecule has 0 saturated heterocycles. The molecule has 0 fully saturated rings. The van der Waals surface area contributed by atoms with Crippen molar-refractivity contribution in [1.82, 2.24) is 16.2 Å². The number of carbonyl (C=O) groups excluding carboxylic acids is 3. The van der Waals surface area contributed by atoms with Crippen LogP contribution < -0.4 is 26.2 Å². The fraction of sp³-hybridized carbons (Fsp3) is 0.158. The van der Waals surface area contributed by atoms with Crippen LogP contribution in [0.15, 0.2) is 48.5 Å². The average molecular weight is 400 g/mol. The quantitative estimate of drug-likeness (QED) is 0.449. The number of thiocarbonyl (C=S) groups is 1. The van der Waals surface area contributed by atoms with Gasteiger partial charge in [-0.05, 0) is 55.5 Å². The van der Waals surface area contributed by atoms with Gasteiger partial charge in [0.15, 0.2) is 11.7 Å². The Kier molecular flexibility index (Phi) is 7.46. The van der Waals surface area contributed by atoms with Crippen LogP contribution in [-0.4, -0.2) is 29.4 Å². The molecule has 0 unspecified atom stereocenters. The van der Waals surface area contributed by atoms with E-state index in [-0.39, 0.29) is 17.6 Å². The number of benzene rings is 2. The molecule has 9 heteroatoms. The minimum Gasteiger partial charge on any atom is -0.484 e. The van der Waals surface area contributed by atoms with Crippen molar-refractivity contribution < 1.29 is 19.1 Å². The van der Waals surface area contributed by atoms with Crippen molar-refractivity contribution in [1.29, 1.82) is 0 Å². The summed E-state index contributed by atoms with van der Waals surface area (Å²) in [5, 5.41) is 4.93. The number of rotatable bonds is 5. The molecule has 2 aromatic carbocycles. The Labute approximate surface area is 167 Å². The van der Waals surface area contributed by atoms with Crippen molar-refractivity contribution in [2.45, 2.75) is 13.8 Å². The topological polar surface area (TPSA) is 109 Å². The molecule has 0 spiro atoms. The smallest absolute Gasteiger partial charge is 0.269 e. The zero-order chi connectivity index (χ0) is 20.5. The van der Waals surface area contributed by atoms with E-state index in [9.17, 15) is 14.4 Å². The molecule has 0 aliphatic carbocycles. The maximum absolute atomic E-state index is 12.0. The van der Waals surface area contributed by atoms with E-state index in [0.29, 0.717) is 17.0 Å². The summed E-state index contributed by atoms with van der Waals surface area (Å²) in [4.78, 5) is 34.9. The third kappa shape index (κ3) is 7.04. The third-order valence-electron chi connectivity index (χ3n) is 3.40. The van der Waals surface area contributed by atoms with Crippen LogP contribution in [0.4, 0.5) is 5.69 Å². The van der Waals surface area contributed by atoms with Crippen molar-refractivity contribution in [3.8, 4) is 5.75 Å². The first-order chi connectivity index (χ1) is 13.3. The van der Waals surface area contributed by atoms with Gasteiger partial charge in [0.05, 0.1) is 0 Å². The summed E-state index contributed by atoms with van der Waals surface area (Å²) in [6.45, 7) is 3.13. The molecule has 0 bridgehead atoms. The predicted molar refractivity (Wildman–Crippen MR) is 109 cm³/mol. The fourth-order valence-corrected chi connectivity index (χ4v) is 2.24. The Morgan fingerprint density at radius 2 is 1.61 bits per heavy atom. The van der Waals surface area contributed by atoms with Gasteiger partial charge in [-0.3, -0.25) is 30.6 Å². The Morgan fingerprint density at radius 1 is 0.964 bits per heavy atom. The Hall–Kier alpha value is -3.46. The summed E-state index contributed by atoms with van der Waals surface area (Å²) in [5.74, 6) is -0.559. The van der Waals surface area contributed by atoms with Crippen LogP contribution in [0.2, 0.25) is 0 Å². The molecule has 0 radical (unpaired) electrons. The summed E-state index contributed by atoms with van der Waals surface area (Å²) >= 11 is 4.95. The Balaban J connectivity index is 1.73. The number of aryl methyl sites for hydroxylation is 1. The lowest BCUT2D eigenvalue weighted by Gasteiger charge is -2.11. The van der Waals surface area contributed by atoms with Crippen LogP contribution >= 0.6 is 12.2 Å². The highest BCUT2D eigenvalue weighted by molar-refractivity contribution is 7.80. The number of hydrogen-bond donors (Lipinski definition) is 4. The average Bonchev–Trinajstić information content (AvgIpc) is 2.66.